The maximum Gasteiger partial charge on any atom is 0.344 e. The summed E-state index contributed by atoms with van der Waals surface area (Å²) >= 11 is 0. The van der Waals surface area contributed by atoms with E-state index < -0.39 is 12.1 Å². The maximum atomic E-state index is 13.2. The van der Waals surface area contributed by atoms with Crippen LogP contribution in [0.1, 0.15) is 28.4 Å². The third-order valence-electron chi connectivity index (χ3n) is 5.33. The minimum atomic E-state index is -1.11. The first-order valence-corrected chi connectivity index (χ1v) is 10.4. The third kappa shape index (κ3) is 4.49. The van der Waals surface area contributed by atoms with Gasteiger partial charge in [0.15, 0.2) is 11.9 Å². The first kappa shape index (κ1) is 22.7. The summed E-state index contributed by atoms with van der Waals surface area (Å²) in [5, 5.41) is 29.6. The number of benzene rings is 2. The first-order valence-electron chi connectivity index (χ1n) is 10.4. The van der Waals surface area contributed by atoms with Crippen LogP contribution in [-0.4, -0.2) is 49.8 Å². The van der Waals surface area contributed by atoms with Gasteiger partial charge < -0.3 is 29.4 Å². The van der Waals surface area contributed by atoms with Crippen LogP contribution in [0.3, 0.4) is 0 Å². The van der Waals surface area contributed by atoms with Crippen molar-refractivity contribution in [1.29, 1.82) is 0 Å². The molecular weight excluding hydrogens is 440 g/mol. The number of aromatic nitrogens is 2. The molecule has 2 aromatic heterocycles. The summed E-state index contributed by atoms with van der Waals surface area (Å²) in [6.07, 6.45) is 0.573. The minimum absolute atomic E-state index is 0.0218. The van der Waals surface area contributed by atoms with E-state index in [1.165, 1.54) is 50.4 Å². The zero-order chi connectivity index (χ0) is 24.4. The number of phenols is 2. The van der Waals surface area contributed by atoms with Crippen molar-refractivity contribution in [1.82, 2.24) is 9.55 Å². The molecule has 4 rings (SSSR count). The Balaban J connectivity index is 1.76. The van der Waals surface area contributed by atoms with E-state index in [2.05, 4.69) is 4.98 Å². The van der Waals surface area contributed by atoms with E-state index in [4.69, 9.17) is 14.6 Å². The highest BCUT2D eigenvalue weighted by Gasteiger charge is 2.20. The Kier molecular flexibility index (Phi) is 6.09. The van der Waals surface area contributed by atoms with Crippen LogP contribution in [0.25, 0.3) is 11.0 Å². The molecule has 3 N–H and O–H groups in total. The molecule has 2 heterocycles. The average Bonchev–Trinajstić information content (AvgIpc) is 3.18. The molecule has 0 aliphatic carbocycles. The number of pyridine rings is 1. The molecule has 0 saturated carbocycles. The second kappa shape index (κ2) is 9.14. The number of aromatic hydroxyl groups is 2. The number of carboxylic acid groups (broad SMARTS) is 1. The number of carboxylic acids is 1. The zero-order valence-electron chi connectivity index (χ0n) is 18.4. The van der Waals surface area contributed by atoms with Crippen LogP contribution in [0.4, 0.5) is 0 Å². The van der Waals surface area contributed by atoms with Gasteiger partial charge in [0.1, 0.15) is 22.9 Å². The smallest absolute Gasteiger partial charge is 0.344 e. The number of methoxy groups -OCH3 is 1. The Labute approximate surface area is 194 Å². The monoisotopic (exact) mass is 462 g/mol. The number of hydrogen-bond acceptors (Lipinski definition) is 7. The highest BCUT2D eigenvalue weighted by Crippen LogP contribution is 2.29. The SMILES string of the molecule is COc1ccc2c(C(=O)c3ccc(O)cc3)cn(Cc3cc(OC(C)C(=O)O)ccc3O)c2n1. The number of hydrogen-bond donors (Lipinski definition) is 3. The summed E-state index contributed by atoms with van der Waals surface area (Å²) in [5.41, 5.74) is 1.70. The Hall–Kier alpha value is -4.53. The molecule has 4 aromatic rings. The van der Waals surface area contributed by atoms with Gasteiger partial charge in [-0.05, 0) is 55.5 Å². The molecule has 0 aliphatic rings. The van der Waals surface area contributed by atoms with E-state index >= 15 is 0 Å². The van der Waals surface area contributed by atoms with Crippen molar-refractivity contribution in [2.24, 2.45) is 0 Å². The number of carbonyl (C=O) groups is 2. The summed E-state index contributed by atoms with van der Waals surface area (Å²) in [7, 11) is 1.49. The van der Waals surface area contributed by atoms with Gasteiger partial charge in [0.25, 0.3) is 0 Å². The van der Waals surface area contributed by atoms with E-state index in [1.54, 1.807) is 29.0 Å². The molecule has 1 unspecified atom stereocenters. The highest BCUT2D eigenvalue weighted by molar-refractivity contribution is 6.16. The molecule has 0 spiro atoms. The van der Waals surface area contributed by atoms with Crippen molar-refractivity contribution in [2.75, 3.05) is 7.11 Å². The lowest BCUT2D eigenvalue weighted by atomic mass is 10.0. The van der Waals surface area contributed by atoms with Gasteiger partial charge >= 0.3 is 5.97 Å². The van der Waals surface area contributed by atoms with Gasteiger partial charge in [-0.3, -0.25) is 4.79 Å². The van der Waals surface area contributed by atoms with Crippen LogP contribution in [-0.2, 0) is 11.3 Å². The fourth-order valence-electron chi connectivity index (χ4n) is 3.53. The molecule has 2 aromatic carbocycles. The van der Waals surface area contributed by atoms with Crippen molar-refractivity contribution in [2.45, 2.75) is 19.6 Å². The fraction of sp³-hybridized carbons (Fsp3) is 0.160. The number of aliphatic carboxylic acids is 1. The van der Waals surface area contributed by atoms with Crippen LogP contribution in [0.2, 0.25) is 0 Å². The molecule has 0 radical (unpaired) electrons. The van der Waals surface area contributed by atoms with Crippen LogP contribution >= 0.6 is 0 Å². The number of ether oxygens (including phenoxy) is 2. The molecule has 34 heavy (non-hydrogen) atoms. The van der Waals surface area contributed by atoms with Gasteiger partial charge in [0.2, 0.25) is 5.88 Å². The van der Waals surface area contributed by atoms with Crippen LogP contribution in [0.5, 0.6) is 23.1 Å². The van der Waals surface area contributed by atoms with Gasteiger partial charge in [-0.15, -0.1) is 0 Å². The molecule has 0 bridgehead atoms. The van der Waals surface area contributed by atoms with E-state index in [9.17, 15) is 19.8 Å². The standard InChI is InChI=1S/C25H22N2O7/c1-14(25(31)32)34-18-7-9-21(29)16(11-18)12-27-13-20(19-8-10-22(33-2)26-24(19)27)23(30)15-3-5-17(28)6-4-15/h3-11,13-14,28-29H,12H2,1-2H3,(H,31,32). The normalized spacial score (nSPS) is 11.8. The van der Waals surface area contributed by atoms with E-state index in [0.717, 1.165) is 0 Å². The minimum Gasteiger partial charge on any atom is -0.508 e. The fourth-order valence-corrected chi connectivity index (χ4v) is 3.53. The van der Waals surface area contributed by atoms with E-state index in [0.29, 0.717) is 33.6 Å². The molecule has 0 saturated heterocycles. The molecule has 1 atom stereocenters. The van der Waals surface area contributed by atoms with Gasteiger partial charge in [-0.1, -0.05) is 0 Å². The summed E-state index contributed by atoms with van der Waals surface area (Å²) in [4.78, 5) is 28.8. The summed E-state index contributed by atoms with van der Waals surface area (Å²) in [5.74, 6) is -0.698. The molecule has 0 amide bonds. The quantitative estimate of drug-likeness (QED) is 0.339. The van der Waals surface area contributed by atoms with Gasteiger partial charge in [0, 0.05) is 34.3 Å². The van der Waals surface area contributed by atoms with Gasteiger partial charge in [-0.25, -0.2) is 4.79 Å². The first-order chi connectivity index (χ1) is 16.3. The Morgan fingerprint density at radius 1 is 1.06 bits per heavy atom. The topological polar surface area (TPSA) is 131 Å². The van der Waals surface area contributed by atoms with Crippen LogP contribution < -0.4 is 9.47 Å². The van der Waals surface area contributed by atoms with Crippen molar-refractivity contribution >= 4 is 22.8 Å². The lowest BCUT2D eigenvalue weighted by Gasteiger charge is -2.13. The number of phenolic OH excluding ortho intramolecular Hbond substituents is 2. The van der Waals surface area contributed by atoms with Crippen molar-refractivity contribution in [3.8, 4) is 23.1 Å². The second-order valence-corrected chi connectivity index (χ2v) is 7.66. The lowest BCUT2D eigenvalue weighted by Crippen LogP contribution is -2.22. The zero-order valence-corrected chi connectivity index (χ0v) is 18.4. The Morgan fingerprint density at radius 3 is 2.47 bits per heavy atom. The third-order valence-corrected chi connectivity index (χ3v) is 5.33. The molecular formula is C25H22N2O7. The molecule has 9 heteroatoms. The lowest BCUT2D eigenvalue weighted by molar-refractivity contribution is -0.144. The number of ketones is 1. The van der Waals surface area contributed by atoms with Crippen molar-refractivity contribution in [3.63, 3.8) is 0 Å². The summed E-state index contributed by atoms with van der Waals surface area (Å²) in [6.45, 7) is 1.54. The van der Waals surface area contributed by atoms with Crippen LogP contribution in [0.15, 0.2) is 60.8 Å². The van der Waals surface area contributed by atoms with E-state index in [1.807, 2.05) is 0 Å². The number of carbonyl (C=O) groups excluding carboxylic acids is 1. The second-order valence-electron chi connectivity index (χ2n) is 7.66. The van der Waals surface area contributed by atoms with Gasteiger partial charge in [-0.2, -0.15) is 4.98 Å². The predicted molar refractivity (Wildman–Crippen MR) is 123 cm³/mol. The van der Waals surface area contributed by atoms with Gasteiger partial charge in [0.05, 0.1) is 13.7 Å². The van der Waals surface area contributed by atoms with Crippen LogP contribution in [0, 0.1) is 0 Å². The van der Waals surface area contributed by atoms with Crippen molar-refractivity contribution < 1.29 is 34.4 Å². The molecule has 0 aliphatic heterocycles. The molecule has 9 nitrogen and oxygen atoms in total. The highest BCUT2D eigenvalue weighted by atomic mass is 16.5. The Bertz CT molecular complexity index is 1380. The predicted octanol–water partition coefficient (Wildman–Crippen LogP) is 3.59. The maximum absolute atomic E-state index is 13.2. The number of nitrogens with zero attached hydrogens (tertiary/aromatic N) is 2. The van der Waals surface area contributed by atoms with E-state index in [-0.39, 0.29) is 29.6 Å². The number of fused-ring (bicyclic) bond motifs is 1. The summed E-state index contributed by atoms with van der Waals surface area (Å²) < 4.78 is 12.4. The Morgan fingerprint density at radius 2 is 1.79 bits per heavy atom. The summed E-state index contributed by atoms with van der Waals surface area (Å²) in [6, 6.07) is 13.8. The van der Waals surface area contributed by atoms with Crippen molar-refractivity contribution in [3.05, 3.63) is 77.5 Å². The molecule has 174 valence electrons. The molecule has 0 fully saturated rings. The average molecular weight is 462 g/mol. The largest absolute Gasteiger partial charge is 0.508 e. The number of rotatable bonds is 8.